The molecule has 0 aliphatic carbocycles. The molecule has 1 fully saturated rings. The van der Waals surface area contributed by atoms with Gasteiger partial charge in [-0.05, 0) is 45.0 Å². The fourth-order valence-corrected chi connectivity index (χ4v) is 2.86. The molecule has 5 nitrogen and oxygen atoms in total. The Balaban J connectivity index is 1.86. The van der Waals surface area contributed by atoms with Crippen LogP contribution in [0.1, 0.15) is 29.9 Å². The van der Waals surface area contributed by atoms with Gasteiger partial charge in [0, 0.05) is 36.9 Å². The zero-order valence-electron chi connectivity index (χ0n) is 13.6. The third-order valence-electron chi connectivity index (χ3n) is 4.05. The number of nitrogens with one attached hydrogen (secondary N) is 1. The smallest absolute Gasteiger partial charge is 0.274 e. The number of halogens is 1. The molecular formula is C17H21FN4O. The van der Waals surface area contributed by atoms with Crippen molar-refractivity contribution in [3.8, 4) is 5.69 Å². The Kier molecular flexibility index (Phi) is 3.93. The Morgan fingerprint density at radius 3 is 2.65 bits per heavy atom. The van der Waals surface area contributed by atoms with Crippen molar-refractivity contribution >= 4 is 5.91 Å². The van der Waals surface area contributed by atoms with Crippen LogP contribution < -0.4 is 5.32 Å². The van der Waals surface area contributed by atoms with Gasteiger partial charge in [0.1, 0.15) is 5.82 Å². The second kappa shape index (κ2) is 5.77. The third kappa shape index (κ3) is 3.27. The van der Waals surface area contributed by atoms with E-state index >= 15 is 0 Å². The summed E-state index contributed by atoms with van der Waals surface area (Å²) >= 11 is 0. The van der Waals surface area contributed by atoms with Gasteiger partial charge in [0.2, 0.25) is 0 Å². The minimum absolute atomic E-state index is 0.0575. The number of aryl methyl sites for hydroxylation is 1. The number of aromatic nitrogens is 2. The van der Waals surface area contributed by atoms with E-state index in [0.717, 1.165) is 17.8 Å². The quantitative estimate of drug-likeness (QED) is 0.923. The van der Waals surface area contributed by atoms with Gasteiger partial charge in [0.15, 0.2) is 5.69 Å². The predicted octanol–water partition coefficient (Wildman–Crippen LogP) is 2.14. The molecule has 0 unspecified atom stereocenters. The second-order valence-electron chi connectivity index (χ2n) is 6.62. The highest BCUT2D eigenvalue weighted by Crippen LogP contribution is 2.17. The standard InChI is InChI=1S/C17H21FN4O/c1-12-10-22(14-6-4-13(18)5-7-14)20-15(12)16(23)21-9-8-19-17(2,3)11-21/h4-7,10,19H,8-9,11H2,1-3H3. The van der Waals surface area contributed by atoms with E-state index in [1.54, 1.807) is 23.0 Å². The lowest BCUT2D eigenvalue weighted by Gasteiger charge is -2.38. The molecule has 1 aromatic heterocycles. The zero-order valence-corrected chi connectivity index (χ0v) is 13.6. The zero-order chi connectivity index (χ0) is 16.6. The van der Waals surface area contributed by atoms with Crippen molar-refractivity contribution in [2.45, 2.75) is 26.3 Å². The predicted molar refractivity (Wildman–Crippen MR) is 86.2 cm³/mol. The van der Waals surface area contributed by atoms with Crippen molar-refractivity contribution in [1.82, 2.24) is 20.0 Å². The van der Waals surface area contributed by atoms with Crippen LogP contribution in [0.15, 0.2) is 30.5 Å². The van der Waals surface area contributed by atoms with Crippen LogP contribution in [-0.2, 0) is 0 Å². The number of nitrogens with zero attached hydrogens (tertiary/aromatic N) is 3. The average molecular weight is 316 g/mol. The van der Waals surface area contributed by atoms with Gasteiger partial charge in [0.25, 0.3) is 5.91 Å². The molecule has 2 aromatic rings. The summed E-state index contributed by atoms with van der Waals surface area (Å²) in [6.45, 7) is 8.12. The Morgan fingerprint density at radius 1 is 1.30 bits per heavy atom. The van der Waals surface area contributed by atoms with E-state index in [0.29, 0.717) is 18.8 Å². The number of benzene rings is 1. The number of hydrogen-bond acceptors (Lipinski definition) is 3. The van der Waals surface area contributed by atoms with E-state index in [1.807, 2.05) is 11.8 Å². The normalized spacial score (nSPS) is 17.3. The van der Waals surface area contributed by atoms with Crippen molar-refractivity contribution in [3.05, 3.63) is 47.5 Å². The Bertz CT molecular complexity index is 721. The van der Waals surface area contributed by atoms with E-state index in [9.17, 15) is 9.18 Å². The summed E-state index contributed by atoms with van der Waals surface area (Å²) in [5.74, 6) is -0.352. The summed E-state index contributed by atoms with van der Waals surface area (Å²) in [5, 5.41) is 7.81. The summed E-state index contributed by atoms with van der Waals surface area (Å²) in [5.41, 5.74) is 1.90. The SMILES string of the molecule is Cc1cn(-c2ccc(F)cc2)nc1C(=O)N1CCNC(C)(C)C1. The maximum atomic E-state index is 13.0. The molecule has 1 aromatic carbocycles. The largest absolute Gasteiger partial charge is 0.334 e. The minimum Gasteiger partial charge on any atom is -0.334 e. The van der Waals surface area contributed by atoms with Crippen molar-refractivity contribution in [2.24, 2.45) is 0 Å². The lowest BCUT2D eigenvalue weighted by molar-refractivity contribution is 0.0645. The van der Waals surface area contributed by atoms with E-state index in [-0.39, 0.29) is 17.3 Å². The molecule has 6 heteroatoms. The molecule has 1 aliphatic rings. The highest BCUT2D eigenvalue weighted by molar-refractivity contribution is 5.93. The molecule has 23 heavy (non-hydrogen) atoms. The van der Waals surface area contributed by atoms with Crippen molar-refractivity contribution < 1.29 is 9.18 Å². The molecule has 1 N–H and O–H groups in total. The summed E-state index contributed by atoms with van der Waals surface area (Å²) in [4.78, 5) is 14.6. The third-order valence-corrected chi connectivity index (χ3v) is 4.05. The molecule has 0 spiro atoms. The molecular weight excluding hydrogens is 295 g/mol. The average Bonchev–Trinajstić information content (AvgIpc) is 2.88. The topological polar surface area (TPSA) is 50.2 Å². The van der Waals surface area contributed by atoms with Gasteiger partial charge in [-0.3, -0.25) is 4.79 Å². The van der Waals surface area contributed by atoms with E-state index in [2.05, 4.69) is 24.3 Å². The number of amides is 1. The molecule has 0 atom stereocenters. The number of carbonyl (C=O) groups is 1. The van der Waals surface area contributed by atoms with Crippen molar-refractivity contribution in [2.75, 3.05) is 19.6 Å². The summed E-state index contributed by atoms with van der Waals surface area (Å²) in [6, 6.07) is 6.05. The first-order valence-electron chi connectivity index (χ1n) is 7.72. The number of rotatable bonds is 2. The van der Waals surface area contributed by atoms with Crippen molar-refractivity contribution in [3.63, 3.8) is 0 Å². The molecule has 1 saturated heterocycles. The molecule has 0 bridgehead atoms. The molecule has 122 valence electrons. The number of piperazine rings is 1. The molecule has 1 amide bonds. The van der Waals surface area contributed by atoms with Crippen LogP contribution in [-0.4, -0.2) is 45.8 Å². The molecule has 0 radical (unpaired) electrons. The van der Waals surface area contributed by atoms with Crippen molar-refractivity contribution in [1.29, 1.82) is 0 Å². The fourth-order valence-electron chi connectivity index (χ4n) is 2.86. The number of carbonyl (C=O) groups excluding carboxylic acids is 1. The summed E-state index contributed by atoms with van der Waals surface area (Å²) < 4.78 is 14.7. The van der Waals surface area contributed by atoms with E-state index < -0.39 is 0 Å². The van der Waals surface area contributed by atoms with Gasteiger partial charge in [0.05, 0.1) is 5.69 Å². The molecule has 3 rings (SSSR count). The first kappa shape index (κ1) is 15.7. The van der Waals surface area contributed by atoms with E-state index in [4.69, 9.17) is 0 Å². The monoisotopic (exact) mass is 316 g/mol. The van der Waals surface area contributed by atoms with Gasteiger partial charge < -0.3 is 10.2 Å². The first-order chi connectivity index (χ1) is 10.9. The molecule has 2 heterocycles. The van der Waals surface area contributed by atoms with Gasteiger partial charge in [-0.15, -0.1) is 0 Å². The van der Waals surface area contributed by atoms with Crippen LogP contribution in [0.4, 0.5) is 4.39 Å². The molecule has 1 aliphatic heterocycles. The van der Waals surface area contributed by atoms with Crippen LogP contribution >= 0.6 is 0 Å². The van der Waals surface area contributed by atoms with Crippen LogP contribution in [0.25, 0.3) is 5.69 Å². The lowest BCUT2D eigenvalue weighted by atomic mass is 10.0. The highest BCUT2D eigenvalue weighted by atomic mass is 19.1. The van der Waals surface area contributed by atoms with Gasteiger partial charge >= 0.3 is 0 Å². The summed E-state index contributed by atoms with van der Waals surface area (Å²) in [7, 11) is 0. The van der Waals surface area contributed by atoms with Crippen LogP contribution in [0.2, 0.25) is 0 Å². The maximum absolute atomic E-state index is 13.0. The lowest BCUT2D eigenvalue weighted by Crippen LogP contribution is -2.58. The summed E-state index contributed by atoms with van der Waals surface area (Å²) in [6.07, 6.45) is 1.80. The minimum atomic E-state index is -0.294. The van der Waals surface area contributed by atoms with Gasteiger partial charge in [-0.1, -0.05) is 0 Å². The van der Waals surface area contributed by atoms with Gasteiger partial charge in [-0.2, -0.15) is 5.10 Å². The van der Waals surface area contributed by atoms with Gasteiger partial charge in [-0.25, -0.2) is 9.07 Å². The van der Waals surface area contributed by atoms with Crippen LogP contribution in [0.5, 0.6) is 0 Å². The number of hydrogen-bond donors (Lipinski definition) is 1. The highest BCUT2D eigenvalue weighted by Gasteiger charge is 2.30. The van der Waals surface area contributed by atoms with Crippen LogP contribution in [0, 0.1) is 12.7 Å². The van der Waals surface area contributed by atoms with E-state index in [1.165, 1.54) is 12.1 Å². The fraction of sp³-hybridized carbons (Fsp3) is 0.412. The maximum Gasteiger partial charge on any atom is 0.274 e. The second-order valence-corrected chi connectivity index (χ2v) is 6.62. The Morgan fingerprint density at radius 2 is 2.00 bits per heavy atom. The Labute approximate surface area is 135 Å². The van der Waals surface area contributed by atoms with Crippen LogP contribution in [0.3, 0.4) is 0 Å². The molecule has 0 saturated carbocycles. The Hall–Kier alpha value is -2.21. The first-order valence-corrected chi connectivity index (χ1v) is 7.72.